The van der Waals surface area contributed by atoms with Crippen molar-refractivity contribution < 1.29 is 18.3 Å². The molecule has 1 aromatic rings. The predicted molar refractivity (Wildman–Crippen MR) is 113 cm³/mol. The molecular weight excluding hydrogens is 377 g/mol. The third-order valence-corrected chi connectivity index (χ3v) is 4.58. The quantitative estimate of drug-likeness (QED) is 0.592. The molecule has 0 aromatic heterocycles. The highest BCUT2D eigenvalue weighted by Gasteiger charge is 2.33. The van der Waals surface area contributed by atoms with E-state index in [4.69, 9.17) is 5.73 Å². The summed E-state index contributed by atoms with van der Waals surface area (Å²) < 4.78 is 38.7. The van der Waals surface area contributed by atoms with Crippen molar-refractivity contribution in [2.45, 2.75) is 46.3 Å². The van der Waals surface area contributed by atoms with Crippen LogP contribution in [0.5, 0.6) is 5.75 Å². The Kier molecular flexibility index (Phi) is 9.24. The van der Waals surface area contributed by atoms with Crippen molar-refractivity contribution in [3.05, 3.63) is 76.5 Å². The van der Waals surface area contributed by atoms with E-state index in [9.17, 15) is 18.3 Å². The summed E-state index contributed by atoms with van der Waals surface area (Å²) in [7, 11) is 1.85. The first-order valence-corrected chi connectivity index (χ1v) is 9.77. The highest BCUT2D eigenvalue weighted by Crippen LogP contribution is 2.40. The van der Waals surface area contributed by atoms with Gasteiger partial charge in [0.15, 0.2) is 0 Å². The van der Waals surface area contributed by atoms with E-state index in [0.29, 0.717) is 17.8 Å². The van der Waals surface area contributed by atoms with Gasteiger partial charge in [-0.3, -0.25) is 4.90 Å². The zero-order valence-electron chi connectivity index (χ0n) is 17.7. The van der Waals surface area contributed by atoms with E-state index in [1.165, 1.54) is 6.07 Å². The van der Waals surface area contributed by atoms with Gasteiger partial charge in [-0.15, -0.1) is 0 Å². The summed E-state index contributed by atoms with van der Waals surface area (Å²) in [5.74, 6) is -0.379. The van der Waals surface area contributed by atoms with Crippen molar-refractivity contribution in [2.24, 2.45) is 5.73 Å². The summed E-state index contributed by atoms with van der Waals surface area (Å²) in [6, 6.07) is 2.72. The van der Waals surface area contributed by atoms with Gasteiger partial charge in [0.05, 0.1) is 11.6 Å². The molecule has 160 valence electrons. The average molecular weight is 409 g/mol. The van der Waals surface area contributed by atoms with E-state index in [0.717, 1.165) is 29.7 Å². The number of nitrogens with zero attached hydrogens (tertiary/aromatic N) is 1. The molecular formula is C23H31F3N2O. The van der Waals surface area contributed by atoms with E-state index in [2.05, 4.69) is 0 Å². The Bertz CT molecular complexity index is 805. The van der Waals surface area contributed by atoms with Gasteiger partial charge < -0.3 is 10.8 Å². The molecule has 6 heteroatoms. The van der Waals surface area contributed by atoms with Crippen LogP contribution in [0, 0.1) is 0 Å². The van der Waals surface area contributed by atoms with Gasteiger partial charge in [0.25, 0.3) is 0 Å². The fourth-order valence-electron chi connectivity index (χ4n) is 3.18. The van der Waals surface area contributed by atoms with Gasteiger partial charge in [-0.05, 0) is 49.7 Å². The van der Waals surface area contributed by atoms with Gasteiger partial charge in [0, 0.05) is 17.8 Å². The van der Waals surface area contributed by atoms with Crippen LogP contribution in [0.25, 0.3) is 0 Å². The van der Waals surface area contributed by atoms with Crippen molar-refractivity contribution in [3.63, 3.8) is 0 Å². The molecule has 1 unspecified atom stereocenters. The summed E-state index contributed by atoms with van der Waals surface area (Å²) >= 11 is 0. The number of benzene rings is 1. The van der Waals surface area contributed by atoms with Crippen molar-refractivity contribution in [1.29, 1.82) is 0 Å². The van der Waals surface area contributed by atoms with Crippen molar-refractivity contribution in [2.75, 3.05) is 13.6 Å². The molecule has 0 amide bonds. The number of hydrogen-bond donors (Lipinski definition) is 2. The smallest absolute Gasteiger partial charge is 0.416 e. The van der Waals surface area contributed by atoms with Gasteiger partial charge in [-0.2, -0.15) is 13.2 Å². The first-order valence-electron chi connectivity index (χ1n) is 9.77. The molecule has 0 saturated heterocycles. The molecule has 0 bridgehead atoms. The van der Waals surface area contributed by atoms with Gasteiger partial charge >= 0.3 is 6.18 Å². The lowest BCUT2D eigenvalue weighted by molar-refractivity contribution is -0.137. The molecule has 3 nitrogen and oxygen atoms in total. The first kappa shape index (κ1) is 24.6. The average Bonchev–Trinajstić information content (AvgIpc) is 2.77. The minimum absolute atomic E-state index is 0.379. The van der Waals surface area contributed by atoms with Crippen molar-refractivity contribution in [3.8, 4) is 5.75 Å². The van der Waals surface area contributed by atoms with Crippen LogP contribution >= 0.6 is 0 Å². The summed E-state index contributed by atoms with van der Waals surface area (Å²) in [5, 5.41) is 10.3. The minimum Gasteiger partial charge on any atom is -0.508 e. The predicted octanol–water partition coefficient (Wildman–Crippen LogP) is 6.11. The number of rotatable bonds is 4. The van der Waals surface area contributed by atoms with Crippen LogP contribution in [-0.2, 0) is 6.18 Å². The van der Waals surface area contributed by atoms with E-state index in [-0.39, 0.29) is 11.8 Å². The van der Waals surface area contributed by atoms with Crippen LogP contribution in [0.4, 0.5) is 13.2 Å². The number of aromatic hydroxyl groups is 1. The molecule has 29 heavy (non-hydrogen) atoms. The third kappa shape index (κ3) is 6.26. The van der Waals surface area contributed by atoms with Gasteiger partial charge in [0.2, 0.25) is 0 Å². The lowest BCUT2D eigenvalue weighted by Gasteiger charge is -2.29. The van der Waals surface area contributed by atoms with Crippen LogP contribution in [0.15, 0.2) is 65.4 Å². The normalized spacial score (nSPS) is 18.6. The van der Waals surface area contributed by atoms with Crippen molar-refractivity contribution >= 4 is 0 Å². The molecule has 1 heterocycles. The molecule has 0 fully saturated rings. The Labute approximate surface area is 171 Å². The van der Waals surface area contributed by atoms with E-state index in [1.54, 1.807) is 0 Å². The molecule has 1 aliphatic heterocycles. The summed E-state index contributed by atoms with van der Waals surface area (Å²) in [6.07, 6.45) is 5.99. The lowest BCUT2D eigenvalue weighted by atomic mass is 9.92. The number of alkyl halides is 3. The van der Waals surface area contributed by atoms with Crippen LogP contribution < -0.4 is 5.73 Å². The second kappa shape index (κ2) is 10.9. The Hall–Kier alpha value is -2.47. The monoisotopic (exact) mass is 408 g/mol. The number of phenols is 1. The number of halogens is 3. The SMILES string of the molecule is CC.CC/C=C/C=C\C1=C(C)C(c2ccc(C(F)(F)F)cc2O)N(C)CC=C1N. The number of likely N-dealkylation sites (N-methyl/N-ethyl adjacent to an activating group) is 1. The summed E-state index contributed by atoms with van der Waals surface area (Å²) in [5.41, 5.74) is 8.02. The second-order valence-electron chi connectivity index (χ2n) is 6.57. The fraction of sp³-hybridized carbons (Fsp3) is 0.391. The largest absolute Gasteiger partial charge is 0.508 e. The fourth-order valence-corrected chi connectivity index (χ4v) is 3.18. The van der Waals surface area contributed by atoms with E-state index in [1.807, 2.05) is 70.0 Å². The highest BCUT2D eigenvalue weighted by molar-refractivity contribution is 5.50. The van der Waals surface area contributed by atoms with Crippen LogP contribution in [0.1, 0.15) is 51.3 Å². The van der Waals surface area contributed by atoms with E-state index < -0.39 is 11.7 Å². The third-order valence-electron chi connectivity index (χ3n) is 4.58. The van der Waals surface area contributed by atoms with Crippen molar-refractivity contribution in [1.82, 2.24) is 4.90 Å². The maximum absolute atomic E-state index is 12.9. The standard InChI is InChI=1S/C21H25F3N2O.C2H6/c1-4-5-6-7-8-16-14(2)20(26(3)12-11-18(16)25)17-10-9-15(13-19(17)27)21(22,23)24;1-2/h5-11,13,20,27H,4,12,25H2,1-3H3;1-2H3/b6-5+,8-7-;. The zero-order chi connectivity index (χ0) is 22.2. The van der Waals surface area contributed by atoms with Gasteiger partial charge in [-0.1, -0.05) is 51.1 Å². The Morgan fingerprint density at radius 2 is 1.90 bits per heavy atom. The van der Waals surface area contributed by atoms with Gasteiger partial charge in [0.1, 0.15) is 5.75 Å². The molecule has 0 radical (unpaired) electrons. The Morgan fingerprint density at radius 1 is 1.24 bits per heavy atom. The molecule has 0 saturated carbocycles. The van der Waals surface area contributed by atoms with Crippen LogP contribution in [0.2, 0.25) is 0 Å². The number of phenolic OH excluding ortho intramolecular Hbond substituents is 1. The maximum Gasteiger partial charge on any atom is 0.416 e. The minimum atomic E-state index is -4.50. The molecule has 1 aliphatic rings. The molecule has 3 N–H and O–H groups in total. The highest BCUT2D eigenvalue weighted by atomic mass is 19.4. The Balaban J connectivity index is 0.00000204. The summed E-state index contributed by atoms with van der Waals surface area (Å²) in [6.45, 7) is 8.43. The maximum atomic E-state index is 12.9. The molecule has 2 rings (SSSR count). The Morgan fingerprint density at radius 3 is 2.45 bits per heavy atom. The summed E-state index contributed by atoms with van der Waals surface area (Å²) in [4.78, 5) is 1.94. The number of allylic oxidation sites excluding steroid dienone is 4. The molecule has 0 spiro atoms. The second-order valence-corrected chi connectivity index (χ2v) is 6.57. The van der Waals surface area contributed by atoms with E-state index >= 15 is 0 Å². The van der Waals surface area contributed by atoms with Crippen LogP contribution in [0.3, 0.4) is 0 Å². The number of hydrogen-bond acceptors (Lipinski definition) is 3. The first-order chi connectivity index (χ1) is 13.7. The molecule has 0 aliphatic carbocycles. The van der Waals surface area contributed by atoms with Crippen LogP contribution in [-0.4, -0.2) is 23.6 Å². The van der Waals surface area contributed by atoms with Gasteiger partial charge in [-0.25, -0.2) is 0 Å². The zero-order valence-corrected chi connectivity index (χ0v) is 17.7. The topological polar surface area (TPSA) is 49.5 Å². The molecule has 1 atom stereocenters. The lowest BCUT2D eigenvalue weighted by Crippen LogP contribution is -2.25. The number of nitrogens with two attached hydrogens (primary N) is 1. The molecule has 1 aromatic carbocycles.